The smallest absolute Gasteiger partial charge is 0.408 e. The summed E-state index contributed by atoms with van der Waals surface area (Å²) < 4.78 is 5.23. The quantitative estimate of drug-likeness (QED) is 0.880. The van der Waals surface area contributed by atoms with E-state index >= 15 is 0 Å². The summed E-state index contributed by atoms with van der Waals surface area (Å²) in [5.41, 5.74) is 1.71. The molecule has 5 heteroatoms. The van der Waals surface area contributed by atoms with Gasteiger partial charge in [0.15, 0.2) is 0 Å². The number of H-pyrrole nitrogens is 1. The van der Waals surface area contributed by atoms with Crippen LogP contribution in [0.4, 0.5) is 4.79 Å². The maximum absolute atomic E-state index is 11.7. The van der Waals surface area contributed by atoms with Crippen LogP contribution in [0.1, 0.15) is 64.8 Å². The van der Waals surface area contributed by atoms with Crippen LogP contribution in [0, 0.1) is 0 Å². The number of alkyl carbamates (subject to hydrolysis) is 1. The van der Waals surface area contributed by atoms with Crippen LogP contribution >= 0.6 is 0 Å². The van der Waals surface area contributed by atoms with Crippen molar-refractivity contribution in [3.63, 3.8) is 0 Å². The average Bonchev–Trinajstić information content (AvgIpc) is 2.69. The summed E-state index contributed by atoms with van der Waals surface area (Å²) in [6.45, 7) is 11.6. The number of nitrogens with zero attached hydrogens (tertiary/aromatic N) is 1. The molecule has 0 saturated carbocycles. The van der Waals surface area contributed by atoms with Crippen LogP contribution in [0.25, 0.3) is 0 Å². The molecule has 108 valence electrons. The normalized spacial score (nSPS) is 13.2. The highest BCUT2D eigenvalue weighted by Crippen LogP contribution is 2.15. The zero-order chi connectivity index (χ0) is 14.6. The standard InChI is InChI=1S/C14H25N3O2/c1-7-10-11(8-2)17-12(16-10)9(3)15-13(18)19-14(4,5)6/h9H,7-8H2,1-6H3,(H,15,18)(H,16,17). The van der Waals surface area contributed by atoms with E-state index in [1.807, 2.05) is 27.7 Å². The minimum absolute atomic E-state index is 0.194. The summed E-state index contributed by atoms with van der Waals surface area (Å²) in [6.07, 6.45) is 1.38. The Balaban J connectivity index is 2.70. The topological polar surface area (TPSA) is 67.0 Å². The van der Waals surface area contributed by atoms with Gasteiger partial charge in [-0.05, 0) is 40.5 Å². The van der Waals surface area contributed by atoms with E-state index in [0.717, 1.165) is 30.1 Å². The predicted molar refractivity (Wildman–Crippen MR) is 75.1 cm³/mol. The number of imidazole rings is 1. The van der Waals surface area contributed by atoms with Gasteiger partial charge in [-0.25, -0.2) is 9.78 Å². The molecule has 1 heterocycles. The summed E-state index contributed by atoms with van der Waals surface area (Å²) in [4.78, 5) is 19.5. The number of aromatic nitrogens is 2. The number of nitrogens with one attached hydrogen (secondary N) is 2. The van der Waals surface area contributed by atoms with Gasteiger partial charge in [-0.15, -0.1) is 0 Å². The Kier molecular flexibility index (Phi) is 4.97. The third-order valence-electron chi connectivity index (χ3n) is 2.71. The van der Waals surface area contributed by atoms with Crippen molar-refractivity contribution in [2.75, 3.05) is 0 Å². The van der Waals surface area contributed by atoms with Gasteiger partial charge in [0.25, 0.3) is 0 Å². The van der Waals surface area contributed by atoms with E-state index in [-0.39, 0.29) is 6.04 Å². The van der Waals surface area contributed by atoms with E-state index < -0.39 is 11.7 Å². The minimum atomic E-state index is -0.490. The summed E-state index contributed by atoms with van der Waals surface area (Å²) in [5, 5.41) is 2.79. The van der Waals surface area contributed by atoms with Crippen molar-refractivity contribution in [1.29, 1.82) is 0 Å². The second-order valence-corrected chi connectivity index (χ2v) is 5.62. The molecule has 0 bridgehead atoms. The number of aromatic amines is 1. The molecule has 1 aromatic heterocycles. The average molecular weight is 267 g/mol. The van der Waals surface area contributed by atoms with Gasteiger partial charge >= 0.3 is 6.09 Å². The largest absolute Gasteiger partial charge is 0.444 e. The molecule has 0 spiro atoms. The van der Waals surface area contributed by atoms with Crippen LogP contribution in [0.3, 0.4) is 0 Å². The fourth-order valence-corrected chi connectivity index (χ4v) is 1.81. The molecular weight excluding hydrogens is 242 g/mol. The Morgan fingerprint density at radius 1 is 1.37 bits per heavy atom. The fourth-order valence-electron chi connectivity index (χ4n) is 1.81. The van der Waals surface area contributed by atoms with Crippen LogP contribution in [0.5, 0.6) is 0 Å². The number of carbonyl (C=O) groups is 1. The molecule has 1 unspecified atom stereocenters. The first-order chi connectivity index (χ1) is 8.76. The number of hydrogen-bond acceptors (Lipinski definition) is 3. The van der Waals surface area contributed by atoms with Crippen molar-refractivity contribution in [3.8, 4) is 0 Å². The Labute approximate surface area is 115 Å². The van der Waals surface area contributed by atoms with E-state index in [1.165, 1.54) is 0 Å². The first-order valence-electron chi connectivity index (χ1n) is 6.84. The molecule has 0 fully saturated rings. The lowest BCUT2D eigenvalue weighted by Gasteiger charge is -2.21. The Bertz CT molecular complexity index is 411. The molecule has 0 aliphatic carbocycles. The third-order valence-corrected chi connectivity index (χ3v) is 2.71. The van der Waals surface area contributed by atoms with E-state index in [2.05, 4.69) is 29.1 Å². The van der Waals surface area contributed by atoms with Gasteiger partial charge in [-0.2, -0.15) is 0 Å². The second kappa shape index (κ2) is 6.08. The van der Waals surface area contributed by atoms with Gasteiger partial charge in [0.05, 0.1) is 11.7 Å². The van der Waals surface area contributed by atoms with Crippen LogP contribution in [0.15, 0.2) is 0 Å². The fraction of sp³-hybridized carbons (Fsp3) is 0.714. The number of carbonyl (C=O) groups excluding carboxylic acids is 1. The number of rotatable bonds is 4. The summed E-state index contributed by atoms with van der Waals surface area (Å²) in [5.74, 6) is 0.777. The number of amides is 1. The molecule has 0 aliphatic heterocycles. The molecule has 1 atom stereocenters. The van der Waals surface area contributed by atoms with Crippen molar-refractivity contribution >= 4 is 6.09 Å². The Hall–Kier alpha value is -1.52. The summed E-state index contributed by atoms with van der Waals surface area (Å²) in [7, 11) is 0. The van der Waals surface area contributed by atoms with Crippen molar-refractivity contribution < 1.29 is 9.53 Å². The molecule has 1 aromatic rings. The molecule has 0 radical (unpaired) electrons. The van der Waals surface area contributed by atoms with Crippen molar-refractivity contribution in [3.05, 3.63) is 17.2 Å². The molecule has 1 rings (SSSR count). The maximum Gasteiger partial charge on any atom is 0.408 e. The van der Waals surface area contributed by atoms with Gasteiger partial charge < -0.3 is 15.0 Å². The molecule has 5 nitrogen and oxygen atoms in total. The highest BCUT2D eigenvalue weighted by atomic mass is 16.6. The zero-order valence-corrected chi connectivity index (χ0v) is 12.8. The highest BCUT2D eigenvalue weighted by molar-refractivity contribution is 5.68. The summed E-state index contributed by atoms with van der Waals surface area (Å²) in [6, 6.07) is -0.194. The molecule has 1 amide bonds. The van der Waals surface area contributed by atoms with Crippen molar-refractivity contribution in [2.24, 2.45) is 0 Å². The molecule has 0 aliphatic rings. The lowest BCUT2D eigenvalue weighted by atomic mass is 10.2. The van der Waals surface area contributed by atoms with Crippen LogP contribution < -0.4 is 5.32 Å². The number of aryl methyl sites for hydroxylation is 2. The number of hydrogen-bond donors (Lipinski definition) is 2. The molecule has 19 heavy (non-hydrogen) atoms. The maximum atomic E-state index is 11.7. The lowest BCUT2D eigenvalue weighted by Crippen LogP contribution is -2.34. The third kappa shape index (κ3) is 4.58. The molecular formula is C14H25N3O2. The highest BCUT2D eigenvalue weighted by Gasteiger charge is 2.20. The van der Waals surface area contributed by atoms with E-state index in [0.29, 0.717) is 0 Å². The molecule has 0 aromatic carbocycles. The van der Waals surface area contributed by atoms with Crippen LogP contribution in [0.2, 0.25) is 0 Å². The van der Waals surface area contributed by atoms with Crippen LogP contribution in [-0.4, -0.2) is 21.7 Å². The Morgan fingerprint density at radius 2 is 2.00 bits per heavy atom. The monoisotopic (exact) mass is 267 g/mol. The van der Waals surface area contributed by atoms with Gasteiger partial charge in [0.1, 0.15) is 11.4 Å². The Morgan fingerprint density at radius 3 is 2.42 bits per heavy atom. The molecule has 2 N–H and O–H groups in total. The minimum Gasteiger partial charge on any atom is -0.444 e. The van der Waals surface area contributed by atoms with Crippen molar-refractivity contribution in [2.45, 2.75) is 66.0 Å². The summed E-state index contributed by atoms with van der Waals surface area (Å²) >= 11 is 0. The van der Waals surface area contributed by atoms with Crippen LogP contribution in [-0.2, 0) is 17.6 Å². The van der Waals surface area contributed by atoms with Gasteiger partial charge in [0, 0.05) is 5.69 Å². The van der Waals surface area contributed by atoms with Crippen molar-refractivity contribution in [1.82, 2.24) is 15.3 Å². The first kappa shape index (κ1) is 15.5. The predicted octanol–water partition coefficient (Wildman–Crippen LogP) is 3.12. The van der Waals surface area contributed by atoms with Gasteiger partial charge in [-0.3, -0.25) is 0 Å². The van der Waals surface area contributed by atoms with Gasteiger partial charge in [-0.1, -0.05) is 13.8 Å². The first-order valence-corrected chi connectivity index (χ1v) is 6.84. The van der Waals surface area contributed by atoms with E-state index in [4.69, 9.17) is 4.74 Å². The molecule has 0 saturated heterocycles. The SMILES string of the molecule is CCc1nc(C(C)NC(=O)OC(C)(C)C)[nH]c1CC. The van der Waals surface area contributed by atoms with E-state index in [9.17, 15) is 4.79 Å². The van der Waals surface area contributed by atoms with E-state index in [1.54, 1.807) is 0 Å². The zero-order valence-electron chi connectivity index (χ0n) is 12.8. The second-order valence-electron chi connectivity index (χ2n) is 5.62. The lowest BCUT2D eigenvalue weighted by molar-refractivity contribution is 0.0506. The number of ether oxygens (including phenoxy) is 1. The van der Waals surface area contributed by atoms with Gasteiger partial charge in [0.2, 0.25) is 0 Å².